The van der Waals surface area contributed by atoms with Gasteiger partial charge in [0.05, 0.1) is 17.0 Å². The van der Waals surface area contributed by atoms with Crippen LogP contribution >= 0.6 is 0 Å². The molecule has 0 fully saturated rings. The summed E-state index contributed by atoms with van der Waals surface area (Å²) in [6.07, 6.45) is 0. The lowest BCUT2D eigenvalue weighted by atomic mass is 9.65. The minimum Gasteiger partial charge on any atom is -0.457 e. The lowest BCUT2D eigenvalue weighted by Crippen LogP contribution is -2.32. The summed E-state index contributed by atoms with van der Waals surface area (Å²) in [6, 6.07) is 69.1. The van der Waals surface area contributed by atoms with Crippen LogP contribution in [-0.4, -0.2) is 15.0 Å². The largest absolute Gasteiger partial charge is 0.457 e. The highest BCUT2D eigenvalue weighted by Gasteiger charge is 2.51. The van der Waals surface area contributed by atoms with Gasteiger partial charge in [0.1, 0.15) is 11.5 Å². The Morgan fingerprint density at radius 2 is 0.810 bits per heavy atom. The van der Waals surface area contributed by atoms with Crippen LogP contribution in [0.4, 0.5) is 0 Å². The maximum absolute atomic E-state index is 10.1. The molecule has 270 valence electrons. The van der Waals surface area contributed by atoms with Gasteiger partial charge >= 0.3 is 0 Å². The summed E-state index contributed by atoms with van der Waals surface area (Å²) in [7, 11) is 0. The van der Waals surface area contributed by atoms with Crippen LogP contribution in [0.1, 0.15) is 27.8 Å². The van der Waals surface area contributed by atoms with Crippen molar-refractivity contribution in [2.75, 3.05) is 0 Å². The van der Waals surface area contributed by atoms with E-state index in [2.05, 4.69) is 109 Å². The zero-order chi connectivity index (χ0) is 38.6. The minimum atomic E-state index is -0.658. The molecule has 1 aliphatic heterocycles. The van der Waals surface area contributed by atoms with E-state index in [0.29, 0.717) is 23.0 Å². The maximum Gasteiger partial charge on any atom is 0.164 e. The molecule has 0 radical (unpaired) electrons. The van der Waals surface area contributed by atoms with Crippen molar-refractivity contribution in [2.24, 2.45) is 0 Å². The van der Waals surface area contributed by atoms with Crippen molar-refractivity contribution >= 4 is 0 Å². The van der Waals surface area contributed by atoms with Gasteiger partial charge in [-0.25, -0.2) is 15.0 Å². The average molecular weight is 741 g/mol. The molecule has 9 aromatic rings. The van der Waals surface area contributed by atoms with E-state index in [9.17, 15) is 5.26 Å². The van der Waals surface area contributed by atoms with Crippen molar-refractivity contribution in [3.05, 3.63) is 222 Å². The third-order valence-corrected chi connectivity index (χ3v) is 11.4. The molecule has 0 saturated carbocycles. The fourth-order valence-electron chi connectivity index (χ4n) is 8.78. The normalized spacial score (nSPS) is 12.7. The standard InChI is InChI=1S/C53H32N4O/c54-33-34-22-28-42-43-29-27-40(32-47(43)53(46(42)30-34)44-18-7-9-20-48(44)58-49-21-10-8-19-45(49)53)36-25-23-35(24-26-36)39-16-11-17-41(31-39)52-56-50(37-12-3-1-4-13-37)55-51(57-52)38-14-5-2-6-15-38/h1-32H. The van der Waals surface area contributed by atoms with Crippen LogP contribution in [0.3, 0.4) is 0 Å². The molecule has 1 aliphatic carbocycles. The molecule has 5 heteroatoms. The molecule has 1 spiro atoms. The van der Waals surface area contributed by atoms with Crippen molar-refractivity contribution in [2.45, 2.75) is 5.41 Å². The molecular formula is C53H32N4O. The quantitative estimate of drug-likeness (QED) is 0.176. The maximum atomic E-state index is 10.1. The van der Waals surface area contributed by atoms with Crippen LogP contribution in [0.15, 0.2) is 194 Å². The number of ether oxygens (including phenoxy) is 1. The van der Waals surface area contributed by atoms with E-state index in [1.54, 1.807) is 0 Å². The Kier molecular flexibility index (Phi) is 7.70. The summed E-state index contributed by atoms with van der Waals surface area (Å²) in [5.74, 6) is 3.54. The van der Waals surface area contributed by atoms with E-state index in [0.717, 1.165) is 78.3 Å². The number of nitrogens with zero attached hydrogens (tertiary/aromatic N) is 4. The first-order valence-electron chi connectivity index (χ1n) is 19.3. The third kappa shape index (κ3) is 5.27. The SMILES string of the molecule is N#Cc1ccc2c(c1)C1(c3ccccc3Oc3ccccc31)c1cc(-c3ccc(-c4cccc(-c5nc(-c6ccccc6)nc(-c6ccccc6)n5)c4)cc3)ccc1-2. The van der Waals surface area contributed by atoms with Crippen LogP contribution in [0.5, 0.6) is 11.5 Å². The average Bonchev–Trinajstić information content (AvgIpc) is 3.58. The summed E-state index contributed by atoms with van der Waals surface area (Å²) < 4.78 is 6.53. The number of hydrogen-bond acceptors (Lipinski definition) is 5. The van der Waals surface area contributed by atoms with Crippen molar-refractivity contribution in [3.63, 3.8) is 0 Å². The Morgan fingerprint density at radius 1 is 0.362 bits per heavy atom. The number of hydrogen-bond donors (Lipinski definition) is 0. The van der Waals surface area contributed by atoms with E-state index >= 15 is 0 Å². The minimum absolute atomic E-state index is 0.623. The molecule has 0 atom stereocenters. The molecule has 8 aromatic carbocycles. The highest BCUT2D eigenvalue weighted by atomic mass is 16.5. The van der Waals surface area contributed by atoms with Gasteiger partial charge in [-0.2, -0.15) is 5.26 Å². The number of rotatable bonds is 5. The molecule has 1 aromatic heterocycles. The Morgan fingerprint density at radius 3 is 1.40 bits per heavy atom. The van der Waals surface area contributed by atoms with Gasteiger partial charge in [0.2, 0.25) is 0 Å². The van der Waals surface area contributed by atoms with E-state index in [1.165, 1.54) is 5.56 Å². The molecule has 11 rings (SSSR count). The third-order valence-electron chi connectivity index (χ3n) is 11.4. The second-order valence-corrected chi connectivity index (χ2v) is 14.7. The molecule has 2 aliphatic rings. The number of benzene rings is 8. The highest BCUT2D eigenvalue weighted by Crippen LogP contribution is 2.62. The summed E-state index contributed by atoms with van der Waals surface area (Å²) >= 11 is 0. The van der Waals surface area contributed by atoms with Crippen LogP contribution in [0.2, 0.25) is 0 Å². The molecule has 0 N–H and O–H groups in total. The smallest absolute Gasteiger partial charge is 0.164 e. The molecule has 0 amide bonds. The topological polar surface area (TPSA) is 71.7 Å². The Labute approximate surface area is 336 Å². The van der Waals surface area contributed by atoms with E-state index in [-0.39, 0.29) is 0 Å². The lowest BCUT2D eigenvalue weighted by Gasteiger charge is -2.39. The molecule has 0 bridgehead atoms. The molecule has 58 heavy (non-hydrogen) atoms. The monoisotopic (exact) mass is 740 g/mol. The van der Waals surface area contributed by atoms with Gasteiger partial charge in [-0.05, 0) is 80.9 Å². The molecular weight excluding hydrogens is 709 g/mol. The fourth-order valence-corrected chi connectivity index (χ4v) is 8.78. The van der Waals surface area contributed by atoms with E-state index in [4.69, 9.17) is 19.7 Å². The Bertz CT molecular complexity index is 2990. The van der Waals surface area contributed by atoms with E-state index in [1.807, 2.05) is 91.0 Å². The van der Waals surface area contributed by atoms with Crippen molar-refractivity contribution < 1.29 is 4.74 Å². The molecule has 0 unspecified atom stereocenters. The lowest BCUT2D eigenvalue weighted by molar-refractivity contribution is 0.436. The second-order valence-electron chi connectivity index (χ2n) is 14.7. The van der Waals surface area contributed by atoms with Crippen LogP contribution in [0.25, 0.3) is 67.5 Å². The number of aromatic nitrogens is 3. The number of fused-ring (bicyclic) bond motifs is 9. The van der Waals surface area contributed by atoms with Crippen LogP contribution in [-0.2, 0) is 5.41 Å². The van der Waals surface area contributed by atoms with Gasteiger partial charge in [-0.3, -0.25) is 0 Å². The van der Waals surface area contributed by atoms with Gasteiger partial charge in [0.15, 0.2) is 17.5 Å². The second kappa shape index (κ2) is 13.4. The number of para-hydroxylation sites is 2. The predicted octanol–water partition coefficient (Wildman–Crippen LogP) is 12.5. The Balaban J connectivity index is 0.997. The zero-order valence-corrected chi connectivity index (χ0v) is 31.2. The molecule has 0 saturated heterocycles. The first-order chi connectivity index (χ1) is 28.7. The van der Waals surface area contributed by atoms with Gasteiger partial charge in [-0.15, -0.1) is 0 Å². The number of nitriles is 1. The van der Waals surface area contributed by atoms with Crippen LogP contribution < -0.4 is 4.74 Å². The van der Waals surface area contributed by atoms with Crippen molar-refractivity contribution in [1.29, 1.82) is 5.26 Å². The van der Waals surface area contributed by atoms with E-state index < -0.39 is 5.41 Å². The van der Waals surface area contributed by atoms with Crippen molar-refractivity contribution in [3.8, 4) is 85.1 Å². The zero-order valence-electron chi connectivity index (χ0n) is 31.2. The predicted molar refractivity (Wildman–Crippen MR) is 229 cm³/mol. The van der Waals surface area contributed by atoms with Gasteiger partial charge in [-0.1, -0.05) is 158 Å². The van der Waals surface area contributed by atoms with Gasteiger partial charge in [0.25, 0.3) is 0 Å². The van der Waals surface area contributed by atoms with Gasteiger partial charge in [0, 0.05) is 27.8 Å². The Hall–Kier alpha value is -7.94. The fraction of sp³-hybridized carbons (Fsp3) is 0.0189. The summed E-state index contributed by atoms with van der Waals surface area (Å²) in [5.41, 5.74) is 13.9. The molecule has 5 nitrogen and oxygen atoms in total. The highest BCUT2D eigenvalue weighted by molar-refractivity contribution is 5.91. The van der Waals surface area contributed by atoms with Crippen LogP contribution in [0, 0.1) is 11.3 Å². The summed E-state index contributed by atoms with van der Waals surface area (Å²) in [4.78, 5) is 14.8. The summed E-state index contributed by atoms with van der Waals surface area (Å²) in [5, 5.41) is 10.1. The first kappa shape index (κ1) is 33.4. The first-order valence-corrected chi connectivity index (χ1v) is 19.3. The van der Waals surface area contributed by atoms with Gasteiger partial charge < -0.3 is 4.74 Å². The van der Waals surface area contributed by atoms with Crippen molar-refractivity contribution in [1.82, 2.24) is 15.0 Å². The summed E-state index contributed by atoms with van der Waals surface area (Å²) in [6.45, 7) is 0. The molecule has 2 heterocycles.